The number of aryl methyl sites for hydroxylation is 1. The highest BCUT2D eigenvalue weighted by Gasteiger charge is 2.08. The highest BCUT2D eigenvalue weighted by atomic mass is 16.4. The summed E-state index contributed by atoms with van der Waals surface area (Å²) >= 11 is 0. The van der Waals surface area contributed by atoms with Gasteiger partial charge in [-0.25, -0.2) is 4.79 Å². The quantitative estimate of drug-likeness (QED) is 0.762. The maximum absolute atomic E-state index is 10.7. The van der Waals surface area contributed by atoms with Crippen molar-refractivity contribution in [2.24, 2.45) is 0 Å². The van der Waals surface area contributed by atoms with Gasteiger partial charge in [0.15, 0.2) is 0 Å². The molecule has 0 atom stereocenters. The van der Waals surface area contributed by atoms with E-state index in [1.165, 1.54) is 5.56 Å². The molecule has 0 aliphatic heterocycles. The van der Waals surface area contributed by atoms with Crippen molar-refractivity contribution < 1.29 is 9.90 Å². The lowest BCUT2D eigenvalue weighted by molar-refractivity contribution is 0.0691. The molecule has 3 nitrogen and oxygen atoms in total. The van der Waals surface area contributed by atoms with E-state index < -0.39 is 5.97 Å². The minimum atomic E-state index is -0.914. The van der Waals surface area contributed by atoms with Gasteiger partial charge in [0.25, 0.3) is 0 Å². The molecule has 2 N–H and O–H groups in total. The molecular formula is C11H11NO2. The molecular weight excluding hydrogens is 178 g/mol. The summed E-state index contributed by atoms with van der Waals surface area (Å²) in [6.07, 6.45) is 0.911. The van der Waals surface area contributed by atoms with Gasteiger partial charge >= 0.3 is 5.97 Å². The van der Waals surface area contributed by atoms with Crippen LogP contribution in [0.5, 0.6) is 0 Å². The van der Waals surface area contributed by atoms with E-state index in [4.69, 9.17) is 5.11 Å². The molecule has 0 amide bonds. The lowest BCUT2D eigenvalue weighted by atomic mass is 10.1. The summed E-state index contributed by atoms with van der Waals surface area (Å²) in [4.78, 5) is 13.6. The molecule has 0 saturated heterocycles. The topological polar surface area (TPSA) is 53.1 Å². The molecule has 0 aliphatic rings. The third-order valence-corrected chi connectivity index (χ3v) is 2.37. The molecule has 0 spiro atoms. The van der Waals surface area contributed by atoms with E-state index in [9.17, 15) is 4.79 Å². The maximum Gasteiger partial charge on any atom is 0.352 e. The number of carboxylic acid groups (broad SMARTS) is 1. The van der Waals surface area contributed by atoms with Gasteiger partial charge in [0.05, 0.1) is 0 Å². The Balaban J connectivity index is 2.70. The molecule has 0 fully saturated rings. The summed E-state index contributed by atoms with van der Waals surface area (Å²) < 4.78 is 0. The summed E-state index contributed by atoms with van der Waals surface area (Å²) in [5.74, 6) is -0.914. The Morgan fingerprint density at radius 3 is 2.93 bits per heavy atom. The highest BCUT2D eigenvalue weighted by molar-refractivity contribution is 5.94. The molecule has 1 heterocycles. The average Bonchev–Trinajstić information content (AvgIpc) is 2.60. The zero-order valence-corrected chi connectivity index (χ0v) is 7.87. The first kappa shape index (κ1) is 8.81. The Kier molecular flexibility index (Phi) is 2.00. The number of H-pyrrole nitrogens is 1. The van der Waals surface area contributed by atoms with Crippen LogP contribution in [-0.4, -0.2) is 16.1 Å². The van der Waals surface area contributed by atoms with Crippen LogP contribution in [0, 0.1) is 0 Å². The van der Waals surface area contributed by atoms with Crippen molar-refractivity contribution in [1.29, 1.82) is 0 Å². The zero-order chi connectivity index (χ0) is 10.1. The Morgan fingerprint density at radius 1 is 1.50 bits per heavy atom. The van der Waals surface area contributed by atoms with E-state index in [0.29, 0.717) is 0 Å². The first-order valence-electron chi connectivity index (χ1n) is 4.56. The number of hydrogen-bond acceptors (Lipinski definition) is 1. The second-order valence-corrected chi connectivity index (χ2v) is 3.22. The number of aromatic amines is 1. The van der Waals surface area contributed by atoms with Gasteiger partial charge in [-0.2, -0.15) is 0 Å². The van der Waals surface area contributed by atoms with Gasteiger partial charge in [0, 0.05) is 10.9 Å². The number of aromatic nitrogens is 1. The van der Waals surface area contributed by atoms with Crippen LogP contribution in [-0.2, 0) is 6.42 Å². The predicted octanol–water partition coefficient (Wildman–Crippen LogP) is 2.43. The SMILES string of the molecule is CCc1cccc2[nH]c(C(=O)O)cc12. The van der Waals surface area contributed by atoms with Crippen LogP contribution in [0.3, 0.4) is 0 Å². The van der Waals surface area contributed by atoms with E-state index in [1.807, 2.05) is 18.2 Å². The van der Waals surface area contributed by atoms with Gasteiger partial charge in [-0.3, -0.25) is 0 Å². The Labute approximate surface area is 81.4 Å². The van der Waals surface area contributed by atoms with E-state index >= 15 is 0 Å². The van der Waals surface area contributed by atoms with Gasteiger partial charge in [0.2, 0.25) is 0 Å². The van der Waals surface area contributed by atoms with E-state index in [0.717, 1.165) is 17.3 Å². The van der Waals surface area contributed by atoms with Gasteiger partial charge in [-0.15, -0.1) is 0 Å². The summed E-state index contributed by atoms with van der Waals surface area (Å²) in [5.41, 5.74) is 2.31. The Hall–Kier alpha value is -1.77. The smallest absolute Gasteiger partial charge is 0.352 e. The van der Waals surface area contributed by atoms with Crippen molar-refractivity contribution in [3.63, 3.8) is 0 Å². The number of nitrogens with one attached hydrogen (secondary N) is 1. The van der Waals surface area contributed by atoms with Crippen LogP contribution in [0.1, 0.15) is 23.0 Å². The largest absolute Gasteiger partial charge is 0.477 e. The van der Waals surface area contributed by atoms with Crippen molar-refractivity contribution >= 4 is 16.9 Å². The number of carbonyl (C=O) groups is 1. The summed E-state index contributed by atoms with van der Waals surface area (Å²) in [7, 11) is 0. The van der Waals surface area contributed by atoms with Crippen molar-refractivity contribution in [3.8, 4) is 0 Å². The second-order valence-electron chi connectivity index (χ2n) is 3.22. The first-order chi connectivity index (χ1) is 6.72. The number of carboxylic acids is 1. The van der Waals surface area contributed by atoms with Crippen molar-refractivity contribution in [2.75, 3.05) is 0 Å². The van der Waals surface area contributed by atoms with Crippen LogP contribution in [0.4, 0.5) is 0 Å². The van der Waals surface area contributed by atoms with E-state index in [1.54, 1.807) is 6.07 Å². The monoisotopic (exact) mass is 189 g/mol. The molecule has 0 aliphatic carbocycles. The van der Waals surface area contributed by atoms with Crippen LogP contribution in [0.25, 0.3) is 10.9 Å². The number of rotatable bonds is 2. The standard InChI is InChI=1S/C11H11NO2/c1-2-7-4-3-5-9-8(7)6-10(12-9)11(13)14/h3-6,12H,2H2,1H3,(H,13,14). The lowest BCUT2D eigenvalue weighted by Crippen LogP contribution is -1.94. The Bertz CT molecular complexity index is 485. The molecule has 0 saturated carbocycles. The fourth-order valence-electron chi connectivity index (χ4n) is 1.64. The lowest BCUT2D eigenvalue weighted by Gasteiger charge is -1.96. The number of benzene rings is 1. The molecule has 2 aromatic rings. The fourth-order valence-corrected chi connectivity index (χ4v) is 1.64. The van der Waals surface area contributed by atoms with Crippen LogP contribution in [0.2, 0.25) is 0 Å². The number of fused-ring (bicyclic) bond motifs is 1. The molecule has 1 aromatic carbocycles. The molecule has 0 radical (unpaired) electrons. The Morgan fingerprint density at radius 2 is 2.29 bits per heavy atom. The normalized spacial score (nSPS) is 10.6. The first-order valence-corrected chi connectivity index (χ1v) is 4.56. The highest BCUT2D eigenvalue weighted by Crippen LogP contribution is 2.20. The number of hydrogen-bond donors (Lipinski definition) is 2. The summed E-state index contributed by atoms with van der Waals surface area (Å²) in [5, 5.41) is 9.83. The van der Waals surface area contributed by atoms with Crippen molar-refractivity contribution in [3.05, 3.63) is 35.5 Å². The summed E-state index contributed by atoms with van der Waals surface area (Å²) in [6, 6.07) is 7.53. The van der Waals surface area contributed by atoms with Gasteiger partial charge < -0.3 is 10.1 Å². The fraction of sp³-hybridized carbons (Fsp3) is 0.182. The third-order valence-electron chi connectivity index (χ3n) is 2.37. The minimum Gasteiger partial charge on any atom is -0.477 e. The average molecular weight is 189 g/mol. The maximum atomic E-state index is 10.7. The zero-order valence-electron chi connectivity index (χ0n) is 7.87. The van der Waals surface area contributed by atoms with Crippen molar-refractivity contribution in [2.45, 2.75) is 13.3 Å². The number of aromatic carboxylic acids is 1. The molecule has 1 aromatic heterocycles. The molecule has 0 bridgehead atoms. The third kappa shape index (κ3) is 1.27. The molecule has 14 heavy (non-hydrogen) atoms. The molecule has 3 heteroatoms. The van der Waals surface area contributed by atoms with Gasteiger partial charge in [0.1, 0.15) is 5.69 Å². The van der Waals surface area contributed by atoms with Crippen LogP contribution in [0.15, 0.2) is 24.3 Å². The van der Waals surface area contributed by atoms with Crippen LogP contribution >= 0.6 is 0 Å². The predicted molar refractivity (Wildman–Crippen MR) is 54.6 cm³/mol. The minimum absolute atomic E-state index is 0.251. The second kappa shape index (κ2) is 3.18. The molecule has 2 rings (SSSR count). The molecule has 0 unspecified atom stereocenters. The molecule has 72 valence electrons. The van der Waals surface area contributed by atoms with Crippen LogP contribution < -0.4 is 0 Å². The van der Waals surface area contributed by atoms with Crippen molar-refractivity contribution in [1.82, 2.24) is 4.98 Å². The van der Waals surface area contributed by atoms with Gasteiger partial charge in [-0.1, -0.05) is 19.1 Å². The van der Waals surface area contributed by atoms with E-state index in [-0.39, 0.29) is 5.69 Å². The van der Waals surface area contributed by atoms with E-state index in [2.05, 4.69) is 11.9 Å². The van der Waals surface area contributed by atoms with Gasteiger partial charge in [-0.05, 0) is 24.1 Å². The summed E-state index contributed by atoms with van der Waals surface area (Å²) in [6.45, 7) is 2.06.